The average molecular weight is 166 g/mol. The summed E-state index contributed by atoms with van der Waals surface area (Å²) >= 11 is 0. The minimum Gasteiger partial charge on any atom is -0.480 e. The predicted octanol–water partition coefficient (Wildman–Crippen LogP) is -0.736. The zero-order chi connectivity index (χ0) is 9.14. The maximum absolute atomic E-state index is 10.5. The molecule has 2 atom stereocenters. The number of hydrogen-bond acceptors (Lipinski definition) is 3. The number of carboxylic acids is 1. The van der Waals surface area contributed by atoms with Crippen molar-refractivity contribution < 1.29 is 9.90 Å². The van der Waals surface area contributed by atoms with E-state index in [1.165, 1.54) is 6.08 Å². The number of aliphatic carboxylic acids is 1. The van der Waals surface area contributed by atoms with Crippen LogP contribution in [0.3, 0.4) is 0 Å². The topological polar surface area (TPSA) is 89.3 Å². The molecule has 0 spiro atoms. The molecule has 64 valence electrons. The van der Waals surface area contributed by atoms with Crippen molar-refractivity contribution in [2.45, 2.75) is 12.5 Å². The fraction of sp³-hybridized carbons (Fsp3) is 0.375. The van der Waals surface area contributed by atoms with E-state index in [2.05, 4.69) is 11.8 Å². The molecule has 0 amide bonds. The summed E-state index contributed by atoms with van der Waals surface area (Å²) in [5, 5.41) is 8.62. The van der Waals surface area contributed by atoms with Crippen molar-refractivity contribution in [1.82, 2.24) is 0 Å². The molecule has 1 rings (SSSR count). The SMILES string of the molecule is NC1=CC(C(=O)O)C#CC(N)C1. The van der Waals surface area contributed by atoms with Crippen molar-refractivity contribution in [3.8, 4) is 11.8 Å². The highest BCUT2D eigenvalue weighted by molar-refractivity contribution is 5.76. The van der Waals surface area contributed by atoms with E-state index in [9.17, 15) is 4.79 Å². The van der Waals surface area contributed by atoms with E-state index in [1.807, 2.05) is 0 Å². The number of rotatable bonds is 1. The molecule has 4 nitrogen and oxygen atoms in total. The number of nitrogens with two attached hydrogens (primary N) is 2. The number of hydrogen-bond donors (Lipinski definition) is 3. The van der Waals surface area contributed by atoms with Crippen molar-refractivity contribution in [2.24, 2.45) is 17.4 Å². The van der Waals surface area contributed by atoms with Crippen LogP contribution in [0, 0.1) is 17.8 Å². The Morgan fingerprint density at radius 2 is 2.33 bits per heavy atom. The zero-order valence-corrected chi connectivity index (χ0v) is 6.45. The summed E-state index contributed by atoms with van der Waals surface area (Å²) in [7, 11) is 0. The molecule has 0 aromatic carbocycles. The molecule has 0 radical (unpaired) electrons. The van der Waals surface area contributed by atoms with E-state index in [1.54, 1.807) is 0 Å². The van der Waals surface area contributed by atoms with E-state index in [0.717, 1.165) is 0 Å². The summed E-state index contributed by atoms with van der Waals surface area (Å²) < 4.78 is 0. The molecule has 0 heterocycles. The standard InChI is InChI=1S/C8H10N2O2/c9-6-2-1-5(8(11)12)3-7(10)4-6/h3,5-6H,4,9-10H2,(H,11,12). The number of carboxylic acid groups (broad SMARTS) is 1. The van der Waals surface area contributed by atoms with Crippen molar-refractivity contribution in [3.63, 3.8) is 0 Å². The van der Waals surface area contributed by atoms with Crippen molar-refractivity contribution >= 4 is 5.97 Å². The van der Waals surface area contributed by atoms with Crippen LogP contribution in [0.25, 0.3) is 0 Å². The summed E-state index contributed by atoms with van der Waals surface area (Å²) in [4.78, 5) is 10.5. The maximum Gasteiger partial charge on any atom is 0.322 e. The van der Waals surface area contributed by atoms with Crippen molar-refractivity contribution in [1.29, 1.82) is 0 Å². The highest BCUT2D eigenvalue weighted by atomic mass is 16.4. The summed E-state index contributed by atoms with van der Waals surface area (Å²) in [5.74, 6) is 3.36. The van der Waals surface area contributed by atoms with Gasteiger partial charge in [-0.15, -0.1) is 0 Å². The molecule has 0 aromatic heterocycles. The zero-order valence-electron chi connectivity index (χ0n) is 6.45. The Bertz CT molecular complexity index is 285. The molecule has 0 aromatic rings. The summed E-state index contributed by atoms with van der Waals surface area (Å²) in [6.45, 7) is 0. The molecule has 0 saturated carbocycles. The van der Waals surface area contributed by atoms with Gasteiger partial charge >= 0.3 is 5.97 Å². The third-order valence-electron chi connectivity index (χ3n) is 1.53. The minimum atomic E-state index is -0.987. The van der Waals surface area contributed by atoms with E-state index in [-0.39, 0.29) is 6.04 Å². The lowest BCUT2D eigenvalue weighted by atomic mass is 10.1. The van der Waals surface area contributed by atoms with Crippen LogP contribution in [-0.4, -0.2) is 17.1 Å². The normalized spacial score (nSPS) is 27.9. The van der Waals surface area contributed by atoms with E-state index >= 15 is 0 Å². The first kappa shape index (κ1) is 8.62. The minimum absolute atomic E-state index is 0.342. The van der Waals surface area contributed by atoms with Gasteiger partial charge in [-0.25, -0.2) is 0 Å². The fourth-order valence-electron chi connectivity index (χ4n) is 0.959. The lowest BCUT2D eigenvalue weighted by Crippen LogP contribution is -2.19. The Morgan fingerprint density at radius 1 is 1.67 bits per heavy atom. The largest absolute Gasteiger partial charge is 0.480 e. The average Bonchev–Trinajstić information content (AvgIpc) is 2.11. The Balaban J connectivity index is 2.88. The molecule has 2 unspecified atom stereocenters. The molecule has 1 aliphatic carbocycles. The van der Waals surface area contributed by atoms with Gasteiger partial charge in [0.25, 0.3) is 0 Å². The van der Waals surface area contributed by atoms with Crippen LogP contribution in [0.2, 0.25) is 0 Å². The fourth-order valence-corrected chi connectivity index (χ4v) is 0.959. The summed E-state index contributed by atoms with van der Waals surface area (Å²) in [6.07, 6.45) is 1.87. The quantitative estimate of drug-likeness (QED) is 0.448. The molecule has 5 N–H and O–H groups in total. The van der Waals surface area contributed by atoms with Crippen LogP contribution in [0.15, 0.2) is 11.8 Å². The van der Waals surface area contributed by atoms with Crippen LogP contribution < -0.4 is 11.5 Å². The highest BCUT2D eigenvalue weighted by Gasteiger charge is 2.15. The highest BCUT2D eigenvalue weighted by Crippen LogP contribution is 2.07. The first-order chi connectivity index (χ1) is 5.59. The molecule has 0 fully saturated rings. The molecule has 0 bridgehead atoms. The number of carbonyl (C=O) groups is 1. The van der Waals surface area contributed by atoms with E-state index < -0.39 is 11.9 Å². The van der Waals surface area contributed by atoms with Gasteiger partial charge in [0.05, 0.1) is 6.04 Å². The second kappa shape index (κ2) is 3.28. The Labute approximate surface area is 70.2 Å². The van der Waals surface area contributed by atoms with Gasteiger partial charge in [-0.2, -0.15) is 0 Å². The molecule has 4 heteroatoms. The van der Waals surface area contributed by atoms with E-state index in [0.29, 0.717) is 12.1 Å². The van der Waals surface area contributed by atoms with Crippen LogP contribution in [0.4, 0.5) is 0 Å². The van der Waals surface area contributed by atoms with Gasteiger partial charge in [-0.3, -0.25) is 4.79 Å². The first-order valence-electron chi connectivity index (χ1n) is 3.55. The third kappa shape index (κ3) is 2.01. The van der Waals surface area contributed by atoms with Crippen LogP contribution in [-0.2, 0) is 4.79 Å². The van der Waals surface area contributed by atoms with Crippen LogP contribution in [0.5, 0.6) is 0 Å². The van der Waals surface area contributed by atoms with Gasteiger partial charge in [0.15, 0.2) is 0 Å². The second-order valence-corrected chi connectivity index (χ2v) is 2.66. The lowest BCUT2D eigenvalue weighted by molar-refractivity contribution is -0.138. The smallest absolute Gasteiger partial charge is 0.322 e. The van der Waals surface area contributed by atoms with Gasteiger partial charge < -0.3 is 16.6 Å². The molecule has 1 aliphatic rings. The van der Waals surface area contributed by atoms with Crippen molar-refractivity contribution in [2.75, 3.05) is 0 Å². The van der Waals surface area contributed by atoms with Gasteiger partial charge in [-0.1, -0.05) is 11.8 Å². The van der Waals surface area contributed by atoms with Crippen LogP contribution >= 0.6 is 0 Å². The maximum atomic E-state index is 10.5. The Kier molecular flexibility index (Phi) is 2.36. The molecular formula is C8H10N2O2. The third-order valence-corrected chi connectivity index (χ3v) is 1.53. The van der Waals surface area contributed by atoms with E-state index in [4.69, 9.17) is 16.6 Å². The van der Waals surface area contributed by atoms with Gasteiger partial charge in [0.2, 0.25) is 0 Å². The molecular weight excluding hydrogens is 156 g/mol. The monoisotopic (exact) mass is 166 g/mol. The van der Waals surface area contributed by atoms with Gasteiger partial charge in [0.1, 0.15) is 5.92 Å². The summed E-state index contributed by atoms with van der Waals surface area (Å²) in [5.41, 5.74) is 11.5. The van der Waals surface area contributed by atoms with Gasteiger partial charge in [0, 0.05) is 12.1 Å². The van der Waals surface area contributed by atoms with Crippen LogP contribution in [0.1, 0.15) is 6.42 Å². The molecule has 12 heavy (non-hydrogen) atoms. The molecule has 0 saturated heterocycles. The summed E-state index contributed by atoms with van der Waals surface area (Å²) in [6, 6.07) is -0.342. The van der Waals surface area contributed by atoms with Gasteiger partial charge in [-0.05, 0) is 6.08 Å². The lowest BCUT2D eigenvalue weighted by Gasteiger charge is -2.01. The Hall–Kier alpha value is -1.47. The first-order valence-corrected chi connectivity index (χ1v) is 3.55. The second-order valence-electron chi connectivity index (χ2n) is 2.66. The predicted molar refractivity (Wildman–Crippen MR) is 43.8 cm³/mol. The Morgan fingerprint density at radius 3 is 2.92 bits per heavy atom. The van der Waals surface area contributed by atoms with Crippen molar-refractivity contribution in [3.05, 3.63) is 11.8 Å². The molecule has 0 aliphatic heterocycles.